The molecule has 5 heteroatoms. The van der Waals surface area contributed by atoms with Crippen molar-refractivity contribution in [2.45, 2.75) is 18.8 Å². The van der Waals surface area contributed by atoms with Crippen LogP contribution in [0.2, 0.25) is 0 Å². The highest BCUT2D eigenvalue weighted by Crippen LogP contribution is 2.39. The first-order valence-corrected chi connectivity index (χ1v) is 9.31. The molecule has 3 nitrogen and oxygen atoms in total. The third kappa shape index (κ3) is 3.39. The second-order valence-electron chi connectivity index (χ2n) is 6.40. The number of rotatable bonds is 3. The van der Waals surface area contributed by atoms with E-state index >= 15 is 0 Å². The lowest BCUT2D eigenvalue weighted by atomic mass is 9.94. The van der Waals surface area contributed by atoms with Gasteiger partial charge in [-0.3, -0.25) is 4.98 Å². The first-order chi connectivity index (χ1) is 12.2. The Morgan fingerprint density at radius 2 is 1.80 bits per heavy atom. The average Bonchev–Trinajstić information content (AvgIpc) is 3.09. The van der Waals surface area contributed by atoms with Crippen LogP contribution in [0.15, 0.2) is 53.3 Å². The molecule has 4 rings (SSSR count). The summed E-state index contributed by atoms with van der Waals surface area (Å²) >= 11 is 3.61. The number of aromatic amines is 1. The summed E-state index contributed by atoms with van der Waals surface area (Å²) in [7, 11) is 0. The van der Waals surface area contributed by atoms with Gasteiger partial charge in [-0.1, -0.05) is 0 Å². The van der Waals surface area contributed by atoms with Crippen LogP contribution in [0.25, 0.3) is 22.4 Å². The molecule has 1 aliphatic heterocycles. The van der Waals surface area contributed by atoms with Crippen LogP contribution in [-0.2, 0) is 0 Å². The monoisotopic (exact) mass is 399 g/mol. The molecule has 1 saturated heterocycles. The molecular weight excluding hydrogens is 381 g/mol. The first-order valence-electron chi connectivity index (χ1n) is 8.52. The highest BCUT2D eigenvalue weighted by molar-refractivity contribution is 9.10. The van der Waals surface area contributed by atoms with E-state index in [1.165, 1.54) is 17.8 Å². The van der Waals surface area contributed by atoms with Crippen LogP contribution in [0.4, 0.5) is 4.39 Å². The van der Waals surface area contributed by atoms with Crippen molar-refractivity contribution in [2.75, 3.05) is 13.1 Å². The summed E-state index contributed by atoms with van der Waals surface area (Å²) in [6.45, 7) is 2.09. The van der Waals surface area contributed by atoms with Gasteiger partial charge in [0.05, 0.1) is 5.69 Å². The molecule has 25 heavy (non-hydrogen) atoms. The number of pyridine rings is 1. The number of piperidine rings is 1. The molecule has 1 aromatic carbocycles. The molecular formula is C20H19BrFN3. The zero-order chi connectivity index (χ0) is 17.2. The number of nitrogens with one attached hydrogen (secondary N) is 2. The van der Waals surface area contributed by atoms with Crippen molar-refractivity contribution < 1.29 is 4.39 Å². The minimum absolute atomic E-state index is 0.222. The van der Waals surface area contributed by atoms with Gasteiger partial charge in [-0.05, 0) is 83.8 Å². The molecule has 0 aliphatic carbocycles. The van der Waals surface area contributed by atoms with Crippen molar-refractivity contribution in [1.82, 2.24) is 15.3 Å². The molecule has 1 aliphatic rings. The summed E-state index contributed by atoms with van der Waals surface area (Å²) in [5.74, 6) is 0.301. The lowest BCUT2D eigenvalue weighted by Gasteiger charge is -2.21. The van der Waals surface area contributed by atoms with E-state index in [2.05, 4.69) is 37.3 Å². The van der Waals surface area contributed by atoms with Gasteiger partial charge in [0, 0.05) is 39.6 Å². The van der Waals surface area contributed by atoms with Crippen molar-refractivity contribution in [1.29, 1.82) is 0 Å². The molecule has 3 aromatic rings. The molecule has 128 valence electrons. The fraction of sp³-hybridized carbons (Fsp3) is 0.250. The van der Waals surface area contributed by atoms with Crippen LogP contribution >= 0.6 is 15.9 Å². The maximum absolute atomic E-state index is 13.4. The van der Waals surface area contributed by atoms with E-state index in [0.29, 0.717) is 5.92 Å². The smallest absolute Gasteiger partial charge is 0.123 e. The van der Waals surface area contributed by atoms with Gasteiger partial charge >= 0.3 is 0 Å². The molecule has 0 bridgehead atoms. The van der Waals surface area contributed by atoms with E-state index in [0.717, 1.165) is 52.8 Å². The van der Waals surface area contributed by atoms with E-state index in [1.54, 1.807) is 12.4 Å². The Morgan fingerprint density at radius 3 is 2.52 bits per heavy atom. The molecule has 1 fully saturated rings. The maximum atomic E-state index is 13.4. The first kappa shape index (κ1) is 16.5. The largest absolute Gasteiger partial charge is 0.358 e. The maximum Gasteiger partial charge on any atom is 0.123 e. The summed E-state index contributed by atoms with van der Waals surface area (Å²) in [6.07, 6.45) is 5.85. The van der Waals surface area contributed by atoms with Crippen molar-refractivity contribution in [3.05, 3.63) is 64.8 Å². The predicted molar refractivity (Wildman–Crippen MR) is 102 cm³/mol. The summed E-state index contributed by atoms with van der Waals surface area (Å²) in [4.78, 5) is 7.79. The van der Waals surface area contributed by atoms with Gasteiger partial charge in [0.15, 0.2) is 0 Å². The predicted octanol–water partition coefficient (Wildman–Crippen LogP) is 5.11. The minimum Gasteiger partial charge on any atom is -0.358 e. The van der Waals surface area contributed by atoms with E-state index in [1.807, 2.05) is 18.2 Å². The number of benzene rings is 1. The number of hydrogen-bond acceptors (Lipinski definition) is 2. The van der Waals surface area contributed by atoms with Gasteiger partial charge in [0.2, 0.25) is 0 Å². The standard InChI is InChI=1S/C20H19BrFN3/c21-18-12-24-10-7-16(18)17-11-19(13-5-8-23-9-6-13)25-20(17)14-1-3-15(22)4-2-14/h1-4,7,10-13,23,25H,5-6,8-9H2. The molecule has 0 amide bonds. The zero-order valence-electron chi connectivity index (χ0n) is 13.7. The SMILES string of the molecule is Fc1ccc(-c2[nH]c(C3CCNCC3)cc2-c2ccncc2Br)cc1. The quantitative estimate of drug-likeness (QED) is 0.641. The van der Waals surface area contributed by atoms with Crippen molar-refractivity contribution in [3.8, 4) is 22.4 Å². The zero-order valence-corrected chi connectivity index (χ0v) is 15.3. The fourth-order valence-corrected chi connectivity index (χ4v) is 3.94. The topological polar surface area (TPSA) is 40.7 Å². The number of halogens is 2. The molecule has 0 saturated carbocycles. The third-order valence-electron chi connectivity index (χ3n) is 4.81. The molecule has 0 unspecified atom stereocenters. The number of hydrogen-bond donors (Lipinski definition) is 2. The lowest BCUT2D eigenvalue weighted by molar-refractivity contribution is 0.454. The van der Waals surface area contributed by atoms with Crippen molar-refractivity contribution in [2.24, 2.45) is 0 Å². The Balaban J connectivity index is 1.84. The third-order valence-corrected chi connectivity index (χ3v) is 5.44. The molecule has 2 N–H and O–H groups in total. The highest BCUT2D eigenvalue weighted by atomic mass is 79.9. The normalized spacial score (nSPS) is 15.4. The van der Waals surface area contributed by atoms with Crippen LogP contribution in [0, 0.1) is 5.82 Å². The molecule has 0 spiro atoms. The van der Waals surface area contributed by atoms with E-state index in [-0.39, 0.29) is 5.82 Å². The molecule has 3 heterocycles. The van der Waals surface area contributed by atoms with Crippen molar-refractivity contribution in [3.63, 3.8) is 0 Å². The average molecular weight is 400 g/mol. The van der Waals surface area contributed by atoms with E-state index in [4.69, 9.17) is 0 Å². The second-order valence-corrected chi connectivity index (χ2v) is 7.25. The number of nitrogens with zero attached hydrogens (tertiary/aromatic N) is 1. The van der Waals surface area contributed by atoms with Crippen LogP contribution in [-0.4, -0.2) is 23.1 Å². The minimum atomic E-state index is -0.222. The van der Waals surface area contributed by atoms with Crippen molar-refractivity contribution >= 4 is 15.9 Å². The summed E-state index contributed by atoms with van der Waals surface area (Å²) < 4.78 is 14.3. The van der Waals surface area contributed by atoms with E-state index < -0.39 is 0 Å². The Kier molecular flexibility index (Phi) is 4.68. The lowest BCUT2D eigenvalue weighted by Crippen LogP contribution is -2.26. The van der Waals surface area contributed by atoms with Gasteiger partial charge in [0.25, 0.3) is 0 Å². The Hall–Kier alpha value is -1.98. The van der Waals surface area contributed by atoms with E-state index in [9.17, 15) is 4.39 Å². The summed E-state index contributed by atoms with van der Waals surface area (Å²) in [6, 6.07) is 10.9. The van der Waals surface area contributed by atoms with Crippen LogP contribution < -0.4 is 5.32 Å². The van der Waals surface area contributed by atoms with Gasteiger partial charge in [0.1, 0.15) is 5.82 Å². The van der Waals surface area contributed by atoms with Gasteiger partial charge < -0.3 is 10.3 Å². The summed E-state index contributed by atoms with van der Waals surface area (Å²) in [5, 5.41) is 3.41. The second kappa shape index (κ2) is 7.10. The van der Waals surface area contributed by atoms with Gasteiger partial charge in [-0.2, -0.15) is 0 Å². The molecule has 2 aromatic heterocycles. The van der Waals surface area contributed by atoms with Crippen LogP contribution in [0.5, 0.6) is 0 Å². The Labute approximate surface area is 154 Å². The summed E-state index contributed by atoms with van der Waals surface area (Å²) in [5.41, 5.74) is 5.47. The number of H-pyrrole nitrogens is 1. The molecule has 0 radical (unpaired) electrons. The van der Waals surface area contributed by atoms with Crippen LogP contribution in [0.3, 0.4) is 0 Å². The van der Waals surface area contributed by atoms with Gasteiger partial charge in [-0.15, -0.1) is 0 Å². The number of aromatic nitrogens is 2. The fourth-order valence-electron chi connectivity index (χ4n) is 3.48. The highest BCUT2D eigenvalue weighted by Gasteiger charge is 2.21. The van der Waals surface area contributed by atoms with Gasteiger partial charge in [-0.25, -0.2) is 4.39 Å². The Morgan fingerprint density at radius 1 is 1.04 bits per heavy atom. The molecule has 0 atom stereocenters. The van der Waals surface area contributed by atoms with Crippen LogP contribution in [0.1, 0.15) is 24.5 Å². The Bertz CT molecular complexity index is 867.